The average Bonchev–Trinajstić information content (AvgIpc) is 2.79. The van der Waals surface area contributed by atoms with Crippen molar-refractivity contribution in [3.63, 3.8) is 0 Å². The van der Waals surface area contributed by atoms with Gasteiger partial charge in [0.25, 0.3) is 0 Å². The molecule has 0 aliphatic rings. The number of alkyl halides is 1. The molecular weight excluding hydrogens is 299 g/mol. The predicted molar refractivity (Wildman–Crippen MR) is 71.6 cm³/mol. The number of aromatic nitrogens is 2. The van der Waals surface area contributed by atoms with Gasteiger partial charge >= 0.3 is 0 Å². The zero-order valence-electron chi connectivity index (χ0n) is 10.1. The van der Waals surface area contributed by atoms with Gasteiger partial charge in [0.15, 0.2) is 5.75 Å². The summed E-state index contributed by atoms with van der Waals surface area (Å²) in [6.45, 7) is 2.95. The van der Waals surface area contributed by atoms with E-state index in [1.807, 2.05) is 10.9 Å². The van der Waals surface area contributed by atoms with Gasteiger partial charge < -0.3 is 4.74 Å². The van der Waals surface area contributed by atoms with Crippen LogP contribution in [0, 0.1) is 5.82 Å². The second kappa shape index (κ2) is 6.00. The molecule has 2 aromatic rings. The zero-order chi connectivity index (χ0) is 13.0. The SMILES string of the molecule is CCCn1cc(Oc2ccc(F)cc2CBr)cn1. The van der Waals surface area contributed by atoms with E-state index in [0.29, 0.717) is 16.8 Å². The molecule has 96 valence electrons. The molecule has 0 atom stereocenters. The fourth-order valence-electron chi connectivity index (χ4n) is 1.63. The summed E-state index contributed by atoms with van der Waals surface area (Å²) >= 11 is 3.32. The standard InChI is InChI=1S/C13H14BrFN2O/c1-2-5-17-9-12(8-16-17)18-13-4-3-11(15)6-10(13)7-14/h3-4,6,8-9H,2,5,7H2,1H3. The van der Waals surface area contributed by atoms with Crippen LogP contribution in [0.2, 0.25) is 0 Å². The molecule has 3 nitrogen and oxygen atoms in total. The molecule has 0 saturated carbocycles. The summed E-state index contributed by atoms with van der Waals surface area (Å²) in [4.78, 5) is 0. The van der Waals surface area contributed by atoms with E-state index >= 15 is 0 Å². The topological polar surface area (TPSA) is 27.1 Å². The Morgan fingerprint density at radius 2 is 2.28 bits per heavy atom. The monoisotopic (exact) mass is 312 g/mol. The highest BCUT2D eigenvalue weighted by molar-refractivity contribution is 9.08. The Bertz CT molecular complexity index is 527. The Hall–Kier alpha value is -1.36. The van der Waals surface area contributed by atoms with Crippen molar-refractivity contribution in [3.05, 3.63) is 42.0 Å². The second-order valence-electron chi connectivity index (χ2n) is 3.93. The van der Waals surface area contributed by atoms with Gasteiger partial charge in [0, 0.05) is 17.4 Å². The van der Waals surface area contributed by atoms with Crippen LogP contribution >= 0.6 is 15.9 Å². The molecule has 0 aliphatic carbocycles. The first-order chi connectivity index (χ1) is 8.72. The van der Waals surface area contributed by atoms with Crippen molar-refractivity contribution in [2.75, 3.05) is 0 Å². The zero-order valence-corrected chi connectivity index (χ0v) is 11.7. The molecule has 0 bridgehead atoms. The van der Waals surface area contributed by atoms with Gasteiger partial charge in [-0.05, 0) is 24.6 Å². The Kier molecular flexibility index (Phi) is 4.36. The summed E-state index contributed by atoms with van der Waals surface area (Å²) < 4.78 is 20.6. The molecule has 1 heterocycles. The second-order valence-corrected chi connectivity index (χ2v) is 4.49. The smallest absolute Gasteiger partial charge is 0.165 e. The van der Waals surface area contributed by atoms with Crippen molar-refractivity contribution in [1.82, 2.24) is 9.78 Å². The minimum atomic E-state index is -0.265. The largest absolute Gasteiger partial charge is 0.454 e. The van der Waals surface area contributed by atoms with Crippen LogP contribution in [0.3, 0.4) is 0 Å². The van der Waals surface area contributed by atoms with Gasteiger partial charge in [0.1, 0.15) is 11.6 Å². The van der Waals surface area contributed by atoms with Gasteiger partial charge in [0.2, 0.25) is 0 Å². The van der Waals surface area contributed by atoms with Crippen molar-refractivity contribution in [2.24, 2.45) is 0 Å². The number of ether oxygens (including phenoxy) is 1. The van der Waals surface area contributed by atoms with Crippen LogP contribution in [0.1, 0.15) is 18.9 Å². The normalized spacial score (nSPS) is 10.6. The summed E-state index contributed by atoms with van der Waals surface area (Å²) in [5, 5.41) is 4.73. The van der Waals surface area contributed by atoms with Gasteiger partial charge in [-0.15, -0.1) is 0 Å². The van der Waals surface area contributed by atoms with Gasteiger partial charge in [-0.2, -0.15) is 5.10 Å². The van der Waals surface area contributed by atoms with Crippen molar-refractivity contribution in [2.45, 2.75) is 25.2 Å². The van der Waals surface area contributed by atoms with E-state index < -0.39 is 0 Å². The number of halogens is 2. The maximum absolute atomic E-state index is 13.1. The van der Waals surface area contributed by atoms with Crippen LogP contribution < -0.4 is 4.74 Å². The van der Waals surface area contributed by atoms with Gasteiger partial charge in [0.05, 0.1) is 12.4 Å². The molecule has 0 spiro atoms. The Balaban J connectivity index is 2.17. The Morgan fingerprint density at radius 1 is 1.44 bits per heavy atom. The number of nitrogens with zero attached hydrogens (tertiary/aromatic N) is 2. The van der Waals surface area contributed by atoms with Crippen LogP contribution in [0.4, 0.5) is 4.39 Å². The van der Waals surface area contributed by atoms with Gasteiger partial charge in [-0.1, -0.05) is 22.9 Å². The number of aryl methyl sites for hydroxylation is 1. The molecule has 0 amide bonds. The van der Waals surface area contributed by atoms with E-state index in [4.69, 9.17) is 4.74 Å². The van der Waals surface area contributed by atoms with E-state index in [1.165, 1.54) is 12.1 Å². The van der Waals surface area contributed by atoms with Crippen molar-refractivity contribution < 1.29 is 9.13 Å². The van der Waals surface area contributed by atoms with Crippen molar-refractivity contribution in [1.29, 1.82) is 0 Å². The van der Waals surface area contributed by atoms with Crippen LogP contribution in [0.25, 0.3) is 0 Å². The fraction of sp³-hybridized carbons (Fsp3) is 0.308. The third-order valence-corrected chi connectivity index (χ3v) is 3.06. The maximum Gasteiger partial charge on any atom is 0.165 e. The lowest BCUT2D eigenvalue weighted by Crippen LogP contribution is -1.95. The van der Waals surface area contributed by atoms with E-state index in [0.717, 1.165) is 18.5 Å². The minimum absolute atomic E-state index is 0.265. The highest BCUT2D eigenvalue weighted by Gasteiger charge is 2.07. The molecule has 0 radical (unpaired) electrons. The first kappa shape index (κ1) is 13.1. The van der Waals surface area contributed by atoms with Crippen molar-refractivity contribution in [3.8, 4) is 11.5 Å². The van der Waals surface area contributed by atoms with E-state index in [1.54, 1.807) is 12.3 Å². The molecule has 1 aromatic carbocycles. The van der Waals surface area contributed by atoms with Gasteiger partial charge in [-0.25, -0.2) is 4.39 Å². The maximum atomic E-state index is 13.1. The van der Waals surface area contributed by atoms with E-state index in [9.17, 15) is 4.39 Å². The highest BCUT2D eigenvalue weighted by atomic mass is 79.9. The molecule has 0 saturated heterocycles. The molecule has 1 aromatic heterocycles. The molecule has 0 fully saturated rings. The summed E-state index contributed by atoms with van der Waals surface area (Å²) in [5.74, 6) is 1.04. The Labute approximate surface area is 114 Å². The molecule has 0 aliphatic heterocycles. The van der Waals surface area contributed by atoms with Gasteiger partial charge in [-0.3, -0.25) is 4.68 Å². The molecule has 0 N–H and O–H groups in total. The summed E-state index contributed by atoms with van der Waals surface area (Å²) in [6, 6.07) is 4.47. The predicted octanol–water partition coefficient (Wildman–Crippen LogP) is 4.12. The molecular formula is C13H14BrFN2O. The van der Waals surface area contributed by atoms with E-state index in [-0.39, 0.29) is 5.82 Å². The van der Waals surface area contributed by atoms with Crippen LogP contribution in [-0.4, -0.2) is 9.78 Å². The molecule has 5 heteroatoms. The fourth-order valence-corrected chi connectivity index (χ4v) is 2.07. The van der Waals surface area contributed by atoms with Crippen molar-refractivity contribution >= 4 is 15.9 Å². The lowest BCUT2D eigenvalue weighted by atomic mass is 10.2. The third kappa shape index (κ3) is 3.10. The average molecular weight is 313 g/mol. The van der Waals surface area contributed by atoms with E-state index in [2.05, 4.69) is 28.0 Å². The van der Waals surface area contributed by atoms with Crippen LogP contribution in [0.5, 0.6) is 11.5 Å². The lowest BCUT2D eigenvalue weighted by molar-refractivity contribution is 0.474. The molecule has 2 rings (SSSR count). The first-order valence-corrected chi connectivity index (χ1v) is 6.89. The molecule has 18 heavy (non-hydrogen) atoms. The number of hydrogen-bond acceptors (Lipinski definition) is 2. The lowest BCUT2D eigenvalue weighted by Gasteiger charge is -2.07. The summed E-state index contributed by atoms with van der Waals surface area (Å²) in [6.07, 6.45) is 4.52. The summed E-state index contributed by atoms with van der Waals surface area (Å²) in [5.41, 5.74) is 0.776. The number of hydrogen-bond donors (Lipinski definition) is 0. The molecule has 0 unspecified atom stereocenters. The quantitative estimate of drug-likeness (QED) is 0.777. The third-order valence-electron chi connectivity index (χ3n) is 2.46. The highest BCUT2D eigenvalue weighted by Crippen LogP contribution is 2.27. The number of rotatable bonds is 5. The van der Waals surface area contributed by atoms with Crippen LogP contribution in [0.15, 0.2) is 30.6 Å². The first-order valence-electron chi connectivity index (χ1n) is 5.77. The number of benzene rings is 1. The summed E-state index contributed by atoms with van der Waals surface area (Å²) in [7, 11) is 0. The van der Waals surface area contributed by atoms with Crippen LogP contribution in [-0.2, 0) is 11.9 Å². The Morgan fingerprint density at radius 3 is 3.00 bits per heavy atom. The minimum Gasteiger partial charge on any atom is -0.454 e.